The summed E-state index contributed by atoms with van der Waals surface area (Å²) in [5.41, 5.74) is 0.459. The zero-order valence-corrected chi connectivity index (χ0v) is 12.3. The Bertz CT molecular complexity index is 277. The summed E-state index contributed by atoms with van der Waals surface area (Å²) in [5.74, 6) is 2.07. The van der Waals surface area contributed by atoms with Crippen molar-refractivity contribution in [3.8, 4) is 0 Å². The van der Waals surface area contributed by atoms with Gasteiger partial charge in [0.25, 0.3) is 0 Å². The Labute approximate surface area is 113 Å². The fraction of sp³-hybridized carbons (Fsp3) is 1.00. The van der Waals surface area contributed by atoms with Crippen molar-refractivity contribution >= 4 is 0 Å². The topological polar surface area (TPSA) is 15.3 Å². The molecule has 0 aromatic carbocycles. The minimum atomic E-state index is 0.459. The van der Waals surface area contributed by atoms with E-state index in [0.717, 1.165) is 17.9 Å². The van der Waals surface area contributed by atoms with Crippen LogP contribution in [0.4, 0.5) is 0 Å². The maximum atomic E-state index is 3.87. The van der Waals surface area contributed by atoms with Crippen LogP contribution in [0.25, 0.3) is 0 Å². The lowest BCUT2D eigenvalue weighted by Gasteiger charge is -2.50. The van der Waals surface area contributed by atoms with Gasteiger partial charge >= 0.3 is 0 Å². The van der Waals surface area contributed by atoms with Crippen molar-refractivity contribution in [1.82, 2.24) is 10.2 Å². The third-order valence-corrected chi connectivity index (χ3v) is 5.79. The van der Waals surface area contributed by atoms with E-state index in [1.807, 2.05) is 0 Å². The van der Waals surface area contributed by atoms with E-state index >= 15 is 0 Å². The molecule has 18 heavy (non-hydrogen) atoms. The highest BCUT2D eigenvalue weighted by atomic mass is 15.3. The van der Waals surface area contributed by atoms with E-state index in [0.29, 0.717) is 5.54 Å². The van der Waals surface area contributed by atoms with Gasteiger partial charge in [-0.1, -0.05) is 26.7 Å². The van der Waals surface area contributed by atoms with Gasteiger partial charge in [0, 0.05) is 24.7 Å². The normalized spacial score (nSPS) is 32.7. The number of hydrogen-bond acceptors (Lipinski definition) is 2. The molecule has 0 spiro atoms. The van der Waals surface area contributed by atoms with Gasteiger partial charge in [-0.15, -0.1) is 0 Å². The number of piperazine rings is 1. The van der Waals surface area contributed by atoms with Gasteiger partial charge in [0.1, 0.15) is 0 Å². The minimum Gasteiger partial charge on any atom is -0.311 e. The number of nitrogens with zero attached hydrogens (tertiary/aromatic N) is 1. The van der Waals surface area contributed by atoms with Crippen molar-refractivity contribution in [2.24, 2.45) is 11.8 Å². The van der Waals surface area contributed by atoms with Crippen LogP contribution in [0.5, 0.6) is 0 Å². The van der Waals surface area contributed by atoms with Crippen LogP contribution in [0.1, 0.15) is 58.8 Å². The standard InChI is InChI=1S/C16H30N2/c1-3-16(4-2)12-17-15(14-7-8-14)11-18(16)10-9-13-5-6-13/h13-15,17H,3-12H2,1-2H3. The smallest absolute Gasteiger partial charge is 0.0329 e. The Kier molecular flexibility index (Phi) is 3.68. The Balaban J connectivity index is 1.63. The largest absolute Gasteiger partial charge is 0.311 e. The summed E-state index contributed by atoms with van der Waals surface area (Å²) in [4.78, 5) is 2.87. The predicted octanol–water partition coefficient (Wildman–Crippen LogP) is 3.03. The van der Waals surface area contributed by atoms with Gasteiger partial charge in [0.15, 0.2) is 0 Å². The molecule has 3 aliphatic rings. The zero-order valence-electron chi connectivity index (χ0n) is 12.3. The van der Waals surface area contributed by atoms with Gasteiger partial charge in [-0.25, -0.2) is 0 Å². The first-order valence-electron chi connectivity index (χ1n) is 8.26. The van der Waals surface area contributed by atoms with Crippen LogP contribution in [0.3, 0.4) is 0 Å². The molecule has 2 heteroatoms. The molecule has 1 heterocycles. The summed E-state index contributed by atoms with van der Waals surface area (Å²) in [7, 11) is 0. The van der Waals surface area contributed by atoms with Crippen molar-refractivity contribution in [3.05, 3.63) is 0 Å². The second-order valence-corrected chi connectivity index (χ2v) is 6.93. The molecule has 2 saturated carbocycles. The SMILES string of the molecule is CCC1(CC)CNC(C2CC2)CN1CCC1CC1. The van der Waals surface area contributed by atoms with Crippen molar-refractivity contribution < 1.29 is 0 Å². The summed E-state index contributed by atoms with van der Waals surface area (Å²) in [6, 6.07) is 0.801. The van der Waals surface area contributed by atoms with E-state index in [-0.39, 0.29) is 0 Å². The maximum absolute atomic E-state index is 3.87. The number of hydrogen-bond donors (Lipinski definition) is 1. The van der Waals surface area contributed by atoms with E-state index in [2.05, 4.69) is 24.1 Å². The second-order valence-electron chi connectivity index (χ2n) is 6.93. The Hall–Kier alpha value is -0.0800. The molecule has 1 N–H and O–H groups in total. The molecule has 2 aliphatic carbocycles. The molecule has 104 valence electrons. The van der Waals surface area contributed by atoms with Crippen molar-refractivity contribution in [2.45, 2.75) is 70.4 Å². The summed E-state index contributed by atoms with van der Waals surface area (Å²) in [5, 5.41) is 3.87. The summed E-state index contributed by atoms with van der Waals surface area (Å²) < 4.78 is 0. The van der Waals surface area contributed by atoms with Crippen LogP contribution in [0, 0.1) is 11.8 Å². The van der Waals surface area contributed by atoms with Crippen LogP contribution >= 0.6 is 0 Å². The van der Waals surface area contributed by atoms with E-state index < -0.39 is 0 Å². The average molecular weight is 250 g/mol. The highest BCUT2D eigenvalue weighted by molar-refractivity contribution is 5.01. The molecule has 0 bridgehead atoms. The molecule has 0 aromatic heterocycles. The first kappa shape index (κ1) is 12.9. The number of nitrogens with one attached hydrogen (secondary N) is 1. The lowest BCUT2D eigenvalue weighted by molar-refractivity contribution is 0.0252. The van der Waals surface area contributed by atoms with Crippen LogP contribution in [0.15, 0.2) is 0 Å². The van der Waals surface area contributed by atoms with E-state index in [1.165, 1.54) is 64.6 Å². The fourth-order valence-electron chi connectivity index (χ4n) is 3.76. The molecular weight excluding hydrogens is 220 g/mol. The van der Waals surface area contributed by atoms with Crippen molar-refractivity contribution in [3.63, 3.8) is 0 Å². The molecule has 3 fully saturated rings. The monoisotopic (exact) mass is 250 g/mol. The van der Waals surface area contributed by atoms with E-state index in [4.69, 9.17) is 0 Å². The lowest BCUT2D eigenvalue weighted by atomic mass is 9.86. The quantitative estimate of drug-likeness (QED) is 0.779. The molecule has 0 amide bonds. The zero-order chi connectivity index (χ0) is 12.6. The van der Waals surface area contributed by atoms with Crippen LogP contribution in [0.2, 0.25) is 0 Å². The molecule has 0 aromatic rings. The maximum Gasteiger partial charge on any atom is 0.0329 e. The molecular formula is C16H30N2. The van der Waals surface area contributed by atoms with Crippen LogP contribution < -0.4 is 5.32 Å². The average Bonchev–Trinajstić information content (AvgIpc) is 3.29. The van der Waals surface area contributed by atoms with Gasteiger partial charge in [0.2, 0.25) is 0 Å². The van der Waals surface area contributed by atoms with Gasteiger partial charge in [-0.2, -0.15) is 0 Å². The van der Waals surface area contributed by atoms with Gasteiger partial charge in [0.05, 0.1) is 0 Å². The first-order valence-corrected chi connectivity index (χ1v) is 8.26. The highest BCUT2D eigenvalue weighted by Crippen LogP contribution is 2.38. The molecule has 2 nitrogen and oxygen atoms in total. The second kappa shape index (κ2) is 5.13. The van der Waals surface area contributed by atoms with Gasteiger partial charge < -0.3 is 5.32 Å². The van der Waals surface area contributed by atoms with Crippen LogP contribution in [-0.4, -0.2) is 36.1 Å². The molecule has 1 saturated heterocycles. The Morgan fingerprint density at radius 3 is 2.39 bits per heavy atom. The molecule has 0 radical (unpaired) electrons. The highest BCUT2D eigenvalue weighted by Gasteiger charge is 2.43. The minimum absolute atomic E-state index is 0.459. The summed E-state index contributed by atoms with van der Waals surface area (Å²) in [6.07, 6.45) is 10.0. The van der Waals surface area contributed by atoms with Crippen molar-refractivity contribution in [2.75, 3.05) is 19.6 Å². The summed E-state index contributed by atoms with van der Waals surface area (Å²) in [6.45, 7) is 8.67. The molecule has 3 rings (SSSR count). The predicted molar refractivity (Wildman–Crippen MR) is 76.7 cm³/mol. The number of rotatable bonds is 6. The molecule has 1 atom stereocenters. The van der Waals surface area contributed by atoms with E-state index in [9.17, 15) is 0 Å². The van der Waals surface area contributed by atoms with Crippen LogP contribution in [-0.2, 0) is 0 Å². The first-order chi connectivity index (χ1) is 8.77. The van der Waals surface area contributed by atoms with Gasteiger partial charge in [-0.05, 0) is 50.5 Å². The fourth-order valence-corrected chi connectivity index (χ4v) is 3.76. The lowest BCUT2D eigenvalue weighted by Crippen LogP contribution is -2.64. The third-order valence-electron chi connectivity index (χ3n) is 5.79. The van der Waals surface area contributed by atoms with Crippen molar-refractivity contribution in [1.29, 1.82) is 0 Å². The Morgan fingerprint density at radius 1 is 1.11 bits per heavy atom. The van der Waals surface area contributed by atoms with E-state index in [1.54, 1.807) is 0 Å². The Morgan fingerprint density at radius 2 is 1.83 bits per heavy atom. The molecule has 1 unspecified atom stereocenters. The van der Waals surface area contributed by atoms with Gasteiger partial charge in [-0.3, -0.25) is 4.90 Å². The molecule has 1 aliphatic heterocycles. The third kappa shape index (κ3) is 2.60. The summed E-state index contributed by atoms with van der Waals surface area (Å²) >= 11 is 0.